The Hall–Kier alpha value is -1.08. The molecule has 80 valence electrons. The molecule has 1 heteroatoms. The minimum atomic E-state index is -0.352. The average molecular weight is 202 g/mol. The smallest absolute Gasteiger partial charge is 0.0722 e. The molecule has 2 rings (SSSR count). The van der Waals surface area contributed by atoms with Crippen LogP contribution < -0.4 is 0 Å². The van der Waals surface area contributed by atoms with Crippen molar-refractivity contribution in [3.63, 3.8) is 0 Å². The lowest BCUT2D eigenvalue weighted by Gasteiger charge is -2.05. The highest BCUT2D eigenvalue weighted by molar-refractivity contribution is 5.54. The first-order valence-electron chi connectivity index (χ1n) is 5.63. The fourth-order valence-electron chi connectivity index (χ4n) is 1.70. The monoisotopic (exact) mass is 202 g/mol. The van der Waals surface area contributed by atoms with Crippen LogP contribution in [0, 0.1) is 0 Å². The molecule has 0 amide bonds. The van der Waals surface area contributed by atoms with E-state index in [1.165, 1.54) is 24.0 Å². The van der Waals surface area contributed by atoms with E-state index in [0.29, 0.717) is 0 Å². The van der Waals surface area contributed by atoms with Crippen LogP contribution in [0.5, 0.6) is 0 Å². The van der Waals surface area contributed by atoms with Gasteiger partial charge in [-0.05, 0) is 49.3 Å². The standard InChI is InChI=1S/C14H18O/c1-10(11(2)15)8-12-4-3-5-14(9-12)13-6-7-13/h3-5,8-9,11,13,15H,6-7H2,1-2H3/b10-8+. The van der Waals surface area contributed by atoms with Gasteiger partial charge in [-0.2, -0.15) is 0 Å². The predicted octanol–water partition coefficient (Wildman–Crippen LogP) is 3.35. The minimum absolute atomic E-state index is 0.352. The Morgan fingerprint density at radius 2 is 2.20 bits per heavy atom. The summed E-state index contributed by atoms with van der Waals surface area (Å²) in [5.41, 5.74) is 3.67. The Bertz CT molecular complexity index is 373. The first-order chi connectivity index (χ1) is 7.16. The molecule has 1 fully saturated rings. The third-order valence-corrected chi connectivity index (χ3v) is 3.01. The van der Waals surface area contributed by atoms with E-state index in [-0.39, 0.29) is 6.10 Å². The third kappa shape index (κ3) is 2.69. The van der Waals surface area contributed by atoms with Crippen LogP contribution in [-0.4, -0.2) is 11.2 Å². The largest absolute Gasteiger partial charge is 0.389 e. The summed E-state index contributed by atoms with van der Waals surface area (Å²) in [7, 11) is 0. The Morgan fingerprint density at radius 1 is 1.47 bits per heavy atom. The third-order valence-electron chi connectivity index (χ3n) is 3.01. The summed E-state index contributed by atoms with van der Waals surface area (Å²) in [5, 5.41) is 9.40. The zero-order chi connectivity index (χ0) is 10.8. The zero-order valence-corrected chi connectivity index (χ0v) is 9.40. The van der Waals surface area contributed by atoms with Gasteiger partial charge in [-0.15, -0.1) is 0 Å². The highest BCUT2D eigenvalue weighted by atomic mass is 16.3. The van der Waals surface area contributed by atoms with Gasteiger partial charge in [-0.3, -0.25) is 0 Å². The van der Waals surface area contributed by atoms with Gasteiger partial charge in [0.1, 0.15) is 0 Å². The molecule has 15 heavy (non-hydrogen) atoms. The van der Waals surface area contributed by atoms with Gasteiger partial charge in [0.15, 0.2) is 0 Å². The van der Waals surface area contributed by atoms with Crippen molar-refractivity contribution >= 4 is 6.08 Å². The Labute approximate surface area is 91.4 Å². The molecule has 1 nitrogen and oxygen atoms in total. The van der Waals surface area contributed by atoms with Crippen LogP contribution >= 0.6 is 0 Å². The molecule has 0 aromatic heterocycles. The van der Waals surface area contributed by atoms with Crippen LogP contribution in [0.3, 0.4) is 0 Å². The van der Waals surface area contributed by atoms with Gasteiger partial charge in [0.05, 0.1) is 6.10 Å². The maximum absolute atomic E-state index is 9.40. The first kappa shape index (κ1) is 10.4. The summed E-state index contributed by atoms with van der Waals surface area (Å²) in [6, 6.07) is 8.64. The normalized spacial score (nSPS) is 19.0. The van der Waals surface area contributed by atoms with E-state index in [1.807, 2.05) is 6.92 Å². The number of rotatable bonds is 3. The molecule has 1 atom stereocenters. The molecular weight excluding hydrogens is 184 g/mol. The van der Waals surface area contributed by atoms with E-state index in [1.54, 1.807) is 6.92 Å². The molecule has 0 bridgehead atoms. The van der Waals surface area contributed by atoms with Crippen molar-refractivity contribution in [3.8, 4) is 0 Å². The maximum Gasteiger partial charge on any atom is 0.0722 e. The van der Waals surface area contributed by atoms with Crippen LogP contribution in [0.2, 0.25) is 0 Å². The second-order valence-corrected chi connectivity index (χ2v) is 4.51. The Kier molecular flexibility index (Phi) is 2.92. The number of aliphatic hydroxyl groups excluding tert-OH is 1. The first-order valence-corrected chi connectivity index (χ1v) is 5.63. The van der Waals surface area contributed by atoms with Crippen LogP contribution in [0.4, 0.5) is 0 Å². The summed E-state index contributed by atoms with van der Waals surface area (Å²) in [4.78, 5) is 0. The second-order valence-electron chi connectivity index (χ2n) is 4.51. The van der Waals surface area contributed by atoms with E-state index in [2.05, 4.69) is 30.3 Å². The van der Waals surface area contributed by atoms with E-state index < -0.39 is 0 Å². The highest BCUT2D eigenvalue weighted by Gasteiger charge is 2.23. The fraction of sp³-hybridized carbons (Fsp3) is 0.429. The van der Waals surface area contributed by atoms with Gasteiger partial charge in [0.25, 0.3) is 0 Å². The van der Waals surface area contributed by atoms with Gasteiger partial charge in [-0.1, -0.05) is 30.3 Å². The van der Waals surface area contributed by atoms with Gasteiger partial charge >= 0.3 is 0 Å². The number of aliphatic hydroxyl groups is 1. The van der Waals surface area contributed by atoms with Crippen molar-refractivity contribution in [3.05, 3.63) is 41.0 Å². The summed E-state index contributed by atoms with van der Waals surface area (Å²) in [6.07, 6.45) is 4.39. The Balaban J connectivity index is 2.21. The summed E-state index contributed by atoms with van der Waals surface area (Å²) < 4.78 is 0. The summed E-state index contributed by atoms with van der Waals surface area (Å²) in [6.45, 7) is 3.77. The van der Waals surface area contributed by atoms with Gasteiger partial charge in [-0.25, -0.2) is 0 Å². The minimum Gasteiger partial charge on any atom is -0.389 e. The maximum atomic E-state index is 9.40. The predicted molar refractivity (Wildman–Crippen MR) is 63.7 cm³/mol. The lowest BCUT2D eigenvalue weighted by atomic mass is 10.0. The molecule has 1 aromatic rings. The quantitative estimate of drug-likeness (QED) is 0.797. The fourth-order valence-corrected chi connectivity index (χ4v) is 1.70. The molecule has 1 aromatic carbocycles. The van der Waals surface area contributed by atoms with Crippen LogP contribution in [-0.2, 0) is 0 Å². The van der Waals surface area contributed by atoms with Crippen molar-refractivity contribution in [1.82, 2.24) is 0 Å². The zero-order valence-electron chi connectivity index (χ0n) is 9.40. The van der Waals surface area contributed by atoms with Crippen LogP contribution in [0.1, 0.15) is 43.7 Å². The lowest BCUT2D eigenvalue weighted by Crippen LogP contribution is -2.00. The number of hydrogen-bond donors (Lipinski definition) is 1. The molecule has 1 aliphatic rings. The van der Waals surface area contributed by atoms with Crippen molar-refractivity contribution in [2.45, 2.75) is 38.7 Å². The number of benzene rings is 1. The molecular formula is C14H18O. The summed E-state index contributed by atoms with van der Waals surface area (Å²) >= 11 is 0. The van der Waals surface area contributed by atoms with Crippen molar-refractivity contribution in [1.29, 1.82) is 0 Å². The molecule has 1 aliphatic carbocycles. The average Bonchev–Trinajstić information content (AvgIpc) is 3.01. The summed E-state index contributed by atoms with van der Waals surface area (Å²) in [5.74, 6) is 0.796. The van der Waals surface area contributed by atoms with Crippen molar-refractivity contribution in [2.24, 2.45) is 0 Å². The molecule has 0 spiro atoms. The van der Waals surface area contributed by atoms with Gasteiger partial charge in [0, 0.05) is 0 Å². The van der Waals surface area contributed by atoms with Crippen molar-refractivity contribution in [2.75, 3.05) is 0 Å². The lowest BCUT2D eigenvalue weighted by molar-refractivity contribution is 0.232. The molecule has 1 N–H and O–H groups in total. The molecule has 0 saturated heterocycles. The molecule has 0 aliphatic heterocycles. The Morgan fingerprint density at radius 3 is 2.80 bits per heavy atom. The number of hydrogen-bond acceptors (Lipinski definition) is 1. The van der Waals surface area contributed by atoms with E-state index in [4.69, 9.17) is 0 Å². The topological polar surface area (TPSA) is 20.2 Å². The molecule has 1 saturated carbocycles. The molecule has 0 radical (unpaired) electrons. The SMILES string of the molecule is C/C(=C\c1cccc(C2CC2)c1)C(C)O. The van der Waals surface area contributed by atoms with Gasteiger partial charge in [0.2, 0.25) is 0 Å². The van der Waals surface area contributed by atoms with Crippen LogP contribution in [0.25, 0.3) is 6.08 Å². The van der Waals surface area contributed by atoms with E-state index in [0.717, 1.165) is 11.5 Å². The van der Waals surface area contributed by atoms with E-state index in [9.17, 15) is 5.11 Å². The molecule has 0 heterocycles. The highest BCUT2D eigenvalue weighted by Crippen LogP contribution is 2.40. The van der Waals surface area contributed by atoms with Crippen LogP contribution in [0.15, 0.2) is 29.8 Å². The van der Waals surface area contributed by atoms with Gasteiger partial charge < -0.3 is 5.11 Å². The second kappa shape index (κ2) is 4.19. The van der Waals surface area contributed by atoms with E-state index >= 15 is 0 Å². The molecule has 1 unspecified atom stereocenters. The van der Waals surface area contributed by atoms with Crippen molar-refractivity contribution < 1.29 is 5.11 Å².